The summed E-state index contributed by atoms with van der Waals surface area (Å²) in [6.45, 7) is 2.06. The smallest absolute Gasteiger partial charge is 0.220 e. The van der Waals surface area contributed by atoms with Crippen LogP contribution in [0.1, 0.15) is 24.8 Å². The lowest BCUT2D eigenvalue weighted by molar-refractivity contribution is -0.119. The Kier molecular flexibility index (Phi) is 2.05. The zero-order valence-electron chi connectivity index (χ0n) is 7.66. The predicted molar refractivity (Wildman–Crippen MR) is 51.4 cm³/mol. The standard InChI is InChI=1S/C11H13NO/c1-8-10(7-11(13)12-8)9-5-3-2-4-6-9/h2-6,8,10H,7H2,1H3,(H,12,13)/t8-,10+/m1/s1. The largest absolute Gasteiger partial charge is 0.353 e. The van der Waals surface area contributed by atoms with Crippen LogP contribution in [0.15, 0.2) is 30.3 Å². The van der Waals surface area contributed by atoms with Gasteiger partial charge in [-0.15, -0.1) is 0 Å². The van der Waals surface area contributed by atoms with E-state index in [-0.39, 0.29) is 11.9 Å². The highest BCUT2D eigenvalue weighted by Crippen LogP contribution is 2.27. The molecule has 1 heterocycles. The van der Waals surface area contributed by atoms with E-state index in [4.69, 9.17) is 0 Å². The molecule has 2 atom stereocenters. The molecule has 0 aliphatic carbocycles. The molecular weight excluding hydrogens is 162 g/mol. The van der Waals surface area contributed by atoms with Gasteiger partial charge in [0, 0.05) is 18.4 Å². The van der Waals surface area contributed by atoms with Crippen LogP contribution in [0.25, 0.3) is 0 Å². The Balaban J connectivity index is 2.23. The van der Waals surface area contributed by atoms with Crippen LogP contribution in [0.5, 0.6) is 0 Å². The molecule has 2 heteroatoms. The van der Waals surface area contributed by atoms with E-state index in [9.17, 15) is 4.79 Å². The summed E-state index contributed by atoms with van der Waals surface area (Å²) in [6.07, 6.45) is 0.630. The molecule has 0 bridgehead atoms. The summed E-state index contributed by atoms with van der Waals surface area (Å²) >= 11 is 0. The molecule has 0 radical (unpaired) electrons. The van der Waals surface area contributed by atoms with Crippen LogP contribution in [0.2, 0.25) is 0 Å². The monoisotopic (exact) mass is 175 g/mol. The molecule has 1 aliphatic rings. The number of hydrogen-bond acceptors (Lipinski definition) is 1. The molecule has 2 nitrogen and oxygen atoms in total. The van der Waals surface area contributed by atoms with Gasteiger partial charge in [0.25, 0.3) is 0 Å². The number of nitrogens with one attached hydrogen (secondary N) is 1. The first kappa shape index (κ1) is 8.30. The van der Waals surface area contributed by atoms with Gasteiger partial charge in [-0.2, -0.15) is 0 Å². The second-order valence-electron chi connectivity index (χ2n) is 3.58. The first-order valence-corrected chi connectivity index (χ1v) is 4.61. The minimum Gasteiger partial charge on any atom is -0.353 e. The van der Waals surface area contributed by atoms with Crippen LogP contribution in [-0.2, 0) is 4.79 Å². The third-order valence-corrected chi connectivity index (χ3v) is 2.63. The minimum absolute atomic E-state index is 0.168. The molecular formula is C11H13NO. The lowest BCUT2D eigenvalue weighted by Crippen LogP contribution is -2.24. The Bertz CT molecular complexity index is 307. The van der Waals surface area contributed by atoms with Crippen molar-refractivity contribution in [1.82, 2.24) is 5.32 Å². The molecule has 0 unspecified atom stereocenters. The first-order valence-electron chi connectivity index (χ1n) is 4.61. The van der Waals surface area contributed by atoms with Gasteiger partial charge in [0.2, 0.25) is 5.91 Å². The summed E-state index contributed by atoms with van der Waals surface area (Å²) in [5.74, 6) is 0.523. The molecule has 0 aromatic heterocycles. The van der Waals surface area contributed by atoms with Crippen molar-refractivity contribution < 1.29 is 4.79 Å². The van der Waals surface area contributed by atoms with Crippen LogP contribution in [0, 0.1) is 0 Å². The first-order chi connectivity index (χ1) is 6.27. The highest BCUT2D eigenvalue weighted by atomic mass is 16.1. The average molecular weight is 175 g/mol. The summed E-state index contributed by atoms with van der Waals surface area (Å²) in [7, 11) is 0. The maximum absolute atomic E-state index is 11.1. The lowest BCUT2D eigenvalue weighted by Gasteiger charge is -2.13. The molecule has 0 spiro atoms. The van der Waals surface area contributed by atoms with Crippen molar-refractivity contribution in [2.24, 2.45) is 0 Å². The number of rotatable bonds is 1. The fourth-order valence-electron chi connectivity index (χ4n) is 1.90. The molecule has 1 amide bonds. The number of amides is 1. The highest BCUT2D eigenvalue weighted by molar-refractivity contribution is 5.80. The van der Waals surface area contributed by atoms with E-state index in [0.29, 0.717) is 12.3 Å². The number of carbonyl (C=O) groups excluding carboxylic acids is 1. The van der Waals surface area contributed by atoms with Gasteiger partial charge in [0.1, 0.15) is 0 Å². The van der Waals surface area contributed by atoms with E-state index in [2.05, 4.69) is 24.4 Å². The number of carbonyl (C=O) groups is 1. The van der Waals surface area contributed by atoms with Crippen LogP contribution in [-0.4, -0.2) is 11.9 Å². The summed E-state index contributed by atoms with van der Waals surface area (Å²) < 4.78 is 0. The minimum atomic E-state index is 0.168. The Morgan fingerprint density at radius 1 is 1.31 bits per heavy atom. The van der Waals surface area contributed by atoms with Gasteiger partial charge in [0.05, 0.1) is 0 Å². The molecule has 1 aliphatic heterocycles. The Morgan fingerprint density at radius 2 is 2.00 bits per heavy atom. The van der Waals surface area contributed by atoms with E-state index in [1.807, 2.05) is 18.2 Å². The Hall–Kier alpha value is -1.31. The van der Waals surface area contributed by atoms with Crippen molar-refractivity contribution in [1.29, 1.82) is 0 Å². The maximum Gasteiger partial charge on any atom is 0.220 e. The Morgan fingerprint density at radius 3 is 2.54 bits per heavy atom. The topological polar surface area (TPSA) is 29.1 Å². The normalized spacial score (nSPS) is 27.3. The summed E-state index contributed by atoms with van der Waals surface area (Å²) in [5, 5.41) is 2.93. The fraction of sp³-hybridized carbons (Fsp3) is 0.364. The molecule has 0 saturated carbocycles. The van der Waals surface area contributed by atoms with Gasteiger partial charge in [-0.3, -0.25) is 4.79 Å². The van der Waals surface area contributed by atoms with Gasteiger partial charge < -0.3 is 5.32 Å². The summed E-state index contributed by atoms with van der Waals surface area (Å²) in [5.41, 5.74) is 1.26. The van der Waals surface area contributed by atoms with E-state index >= 15 is 0 Å². The fourth-order valence-corrected chi connectivity index (χ4v) is 1.90. The van der Waals surface area contributed by atoms with E-state index in [0.717, 1.165) is 0 Å². The van der Waals surface area contributed by atoms with Crippen LogP contribution in [0.4, 0.5) is 0 Å². The molecule has 2 rings (SSSR count). The van der Waals surface area contributed by atoms with Crippen molar-refractivity contribution in [2.75, 3.05) is 0 Å². The summed E-state index contributed by atoms with van der Waals surface area (Å²) in [4.78, 5) is 11.1. The quantitative estimate of drug-likeness (QED) is 0.691. The molecule has 13 heavy (non-hydrogen) atoms. The van der Waals surface area contributed by atoms with Gasteiger partial charge in [0.15, 0.2) is 0 Å². The van der Waals surface area contributed by atoms with Gasteiger partial charge >= 0.3 is 0 Å². The molecule has 1 aromatic rings. The lowest BCUT2D eigenvalue weighted by atomic mass is 9.93. The van der Waals surface area contributed by atoms with Crippen LogP contribution >= 0.6 is 0 Å². The number of benzene rings is 1. The average Bonchev–Trinajstić information content (AvgIpc) is 2.47. The van der Waals surface area contributed by atoms with Crippen LogP contribution in [0.3, 0.4) is 0 Å². The third-order valence-electron chi connectivity index (χ3n) is 2.63. The zero-order valence-corrected chi connectivity index (χ0v) is 7.66. The second kappa shape index (κ2) is 3.21. The van der Waals surface area contributed by atoms with E-state index in [1.54, 1.807) is 0 Å². The SMILES string of the molecule is C[C@H]1NC(=O)C[C@@H]1c1ccccc1. The predicted octanol–water partition coefficient (Wildman–Crippen LogP) is 1.68. The zero-order chi connectivity index (χ0) is 9.26. The van der Waals surface area contributed by atoms with Gasteiger partial charge in [-0.1, -0.05) is 30.3 Å². The molecule has 1 fully saturated rings. The van der Waals surface area contributed by atoms with Crippen molar-refractivity contribution in [2.45, 2.75) is 25.3 Å². The van der Waals surface area contributed by atoms with Gasteiger partial charge in [-0.05, 0) is 12.5 Å². The molecule has 1 aromatic carbocycles. The van der Waals surface area contributed by atoms with Crippen molar-refractivity contribution in [3.63, 3.8) is 0 Å². The van der Waals surface area contributed by atoms with E-state index < -0.39 is 0 Å². The number of hydrogen-bond donors (Lipinski definition) is 1. The van der Waals surface area contributed by atoms with Crippen molar-refractivity contribution >= 4 is 5.91 Å². The molecule has 68 valence electrons. The maximum atomic E-state index is 11.1. The van der Waals surface area contributed by atoms with Crippen molar-refractivity contribution in [3.05, 3.63) is 35.9 Å². The van der Waals surface area contributed by atoms with E-state index in [1.165, 1.54) is 5.56 Å². The highest BCUT2D eigenvalue weighted by Gasteiger charge is 2.29. The third kappa shape index (κ3) is 1.57. The summed E-state index contributed by atoms with van der Waals surface area (Å²) in [6, 6.07) is 10.5. The molecule has 1 saturated heterocycles. The van der Waals surface area contributed by atoms with Crippen LogP contribution < -0.4 is 5.32 Å². The van der Waals surface area contributed by atoms with Gasteiger partial charge in [-0.25, -0.2) is 0 Å². The van der Waals surface area contributed by atoms with Crippen molar-refractivity contribution in [3.8, 4) is 0 Å². The second-order valence-corrected chi connectivity index (χ2v) is 3.58. The Labute approximate surface area is 78.0 Å². The molecule has 1 N–H and O–H groups in total.